The number of benzene rings is 1. The lowest BCUT2D eigenvalue weighted by molar-refractivity contribution is -0.119. The monoisotopic (exact) mass is 390 g/mol. The SMILES string of the molecule is NC(=O)COc1ccc(S(=O)(=O)NCC(c2ccco2)c2ccco2)cc1. The summed E-state index contributed by atoms with van der Waals surface area (Å²) in [5, 5.41) is 0. The van der Waals surface area contributed by atoms with Gasteiger partial charge in [-0.1, -0.05) is 0 Å². The van der Waals surface area contributed by atoms with Crippen LogP contribution in [0.5, 0.6) is 5.75 Å². The molecule has 0 spiro atoms. The van der Waals surface area contributed by atoms with Crippen molar-refractivity contribution in [1.82, 2.24) is 4.72 Å². The van der Waals surface area contributed by atoms with E-state index in [1.54, 1.807) is 24.3 Å². The third-order valence-corrected chi connectivity index (χ3v) is 5.21. The van der Waals surface area contributed by atoms with Crippen molar-refractivity contribution < 1.29 is 26.8 Å². The molecule has 0 bridgehead atoms. The Morgan fingerprint density at radius 2 is 1.63 bits per heavy atom. The van der Waals surface area contributed by atoms with Crippen molar-refractivity contribution in [2.24, 2.45) is 5.73 Å². The van der Waals surface area contributed by atoms with Gasteiger partial charge in [0.05, 0.1) is 23.3 Å². The largest absolute Gasteiger partial charge is 0.484 e. The number of carbonyl (C=O) groups excluding carboxylic acids is 1. The average molecular weight is 390 g/mol. The molecule has 2 aromatic heterocycles. The predicted molar refractivity (Wildman–Crippen MR) is 95.6 cm³/mol. The summed E-state index contributed by atoms with van der Waals surface area (Å²) >= 11 is 0. The number of sulfonamides is 1. The summed E-state index contributed by atoms with van der Waals surface area (Å²) < 4.78 is 43.6. The topological polar surface area (TPSA) is 125 Å². The van der Waals surface area contributed by atoms with E-state index in [4.69, 9.17) is 19.3 Å². The van der Waals surface area contributed by atoms with Gasteiger partial charge in [0.1, 0.15) is 17.3 Å². The first kappa shape index (κ1) is 18.7. The summed E-state index contributed by atoms with van der Waals surface area (Å²) in [5.74, 6) is 0.501. The Morgan fingerprint density at radius 1 is 1.04 bits per heavy atom. The molecule has 27 heavy (non-hydrogen) atoms. The van der Waals surface area contributed by atoms with E-state index in [2.05, 4.69) is 4.72 Å². The number of primary amides is 1. The van der Waals surface area contributed by atoms with Crippen LogP contribution < -0.4 is 15.2 Å². The summed E-state index contributed by atoms with van der Waals surface area (Å²) in [4.78, 5) is 10.8. The number of carbonyl (C=O) groups is 1. The standard InChI is InChI=1S/C18H18N2O6S/c19-18(21)12-26-13-5-7-14(8-6-13)27(22,23)20-11-15(16-3-1-9-24-16)17-4-2-10-25-17/h1-10,15,20H,11-12H2,(H2,19,21). The zero-order valence-corrected chi connectivity index (χ0v) is 15.0. The molecule has 1 aromatic carbocycles. The van der Waals surface area contributed by atoms with E-state index in [9.17, 15) is 13.2 Å². The number of rotatable bonds is 9. The van der Waals surface area contributed by atoms with Crippen molar-refractivity contribution in [3.63, 3.8) is 0 Å². The zero-order valence-electron chi connectivity index (χ0n) is 14.2. The van der Waals surface area contributed by atoms with E-state index in [0.717, 1.165) is 0 Å². The Labute approximate surface area is 156 Å². The van der Waals surface area contributed by atoms with Crippen LogP contribution >= 0.6 is 0 Å². The highest BCUT2D eigenvalue weighted by Crippen LogP contribution is 2.25. The Morgan fingerprint density at radius 3 is 2.11 bits per heavy atom. The molecule has 3 N–H and O–H groups in total. The lowest BCUT2D eigenvalue weighted by Gasteiger charge is -2.14. The van der Waals surface area contributed by atoms with Gasteiger partial charge >= 0.3 is 0 Å². The molecule has 0 fully saturated rings. The van der Waals surface area contributed by atoms with Crippen LogP contribution in [0.2, 0.25) is 0 Å². The van der Waals surface area contributed by atoms with Crippen LogP contribution in [0, 0.1) is 0 Å². The maximum absolute atomic E-state index is 12.6. The van der Waals surface area contributed by atoms with Crippen LogP contribution in [0.4, 0.5) is 0 Å². The molecule has 3 rings (SSSR count). The van der Waals surface area contributed by atoms with E-state index < -0.39 is 21.8 Å². The molecular weight excluding hydrogens is 372 g/mol. The summed E-state index contributed by atoms with van der Waals surface area (Å²) in [5.41, 5.74) is 5.00. The van der Waals surface area contributed by atoms with Gasteiger partial charge in [0.15, 0.2) is 6.61 Å². The quantitative estimate of drug-likeness (QED) is 0.574. The molecule has 0 aliphatic heterocycles. The van der Waals surface area contributed by atoms with Gasteiger partial charge in [-0.25, -0.2) is 13.1 Å². The highest BCUT2D eigenvalue weighted by atomic mass is 32.2. The van der Waals surface area contributed by atoms with Crippen LogP contribution in [0.1, 0.15) is 17.4 Å². The smallest absolute Gasteiger partial charge is 0.255 e. The Bertz CT molecular complexity index is 929. The van der Waals surface area contributed by atoms with Gasteiger partial charge in [0.2, 0.25) is 10.0 Å². The summed E-state index contributed by atoms with van der Waals surface area (Å²) in [6.07, 6.45) is 3.04. The summed E-state index contributed by atoms with van der Waals surface area (Å²) in [7, 11) is -3.77. The molecule has 0 saturated heterocycles. The molecule has 0 aliphatic rings. The fraction of sp³-hybridized carbons (Fsp3) is 0.167. The first-order valence-corrected chi connectivity index (χ1v) is 9.51. The van der Waals surface area contributed by atoms with Gasteiger partial charge in [-0.2, -0.15) is 0 Å². The molecule has 1 amide bonds. The van der Waals surface area contributed by atoms with E-state index in [1.807, 2.05) is 0 Å². The lowest BCUT2D eigenvalue weighted by Crippen LogP contribution is -2.28. The highest BCUT2D eigenvalue weighted by molar-refractivity contribution is 7.89. The van der Waals surface area contributed by atoms with E-state index in [-0.39, 0.29) is 18.0 Å². The summed E-state index contributed by atoms with van der Waals surface area (Å²) in [6, 6.07) is 12.6. The molecule has 0 atom stereocenters. The third-order valence-electron chi connectivity index (χ3n) is 3.77. The second-order valence-corrected chi connectivity index (χ2v) is 7.43. The molecular formula is C18H18N2O6S. The number of hydrogen-bond acceptors (Lipinski definition) is 6. The first-order valence-electron chi connectivity index (χ1n) is 8.03. The van der Waals surface area contributed by atoms with Crippen molar-refractivity contribution >= 4 is 15.9 Å². The maximum Gasteiger partial charge on any atom is 0.255 e. The minimum atomic E-state index is -3.77. The van der Waals surface area contributed by atoms with Crippen LogP contribution in [-0.4, -0.2) is 27.5 Å². The Balaban J connectivity index is 1.71. The van der Waals surface area contributed by atoms with Crippen molar-refractivity contribution in [3.8, 4) is 5.75 Å². The number of nitrogens with one attached hydrogen (secondary N) is 1. The van der Waals surface area contributed by atoms with Crippen molar-refractivity contribution in [3.05, 3.63) is 72.6 Å². The van der Waals surface area contributed by atoms with Crippen LogP contribution in [0.3, 0.4) is 0 Å². The second-order valence-electron chi connectivity index (χ2n) is 5.66. The molecule has 0 radical (unpaired) electrons. The molecule has 0 unspecified atom stereocenters. The Kier molecular flexibility index (Phi) is 5.63. The van der Waals surface area contributed by atoms with Gasteiger partial charge in [0, 0.05) is 6.54 Å². The normalized spacial score (nSPS) is 11.6. The molecule has 9 heteroatoms. The summed E-state index contributed by atoms with van der Waals surface area (Å²) in [6.45, 7) is -0.221. The maximum atomic E-state index is 12.6. The predicted octanol–water partition coefficient (Wildman–Crippen LogP) is 1.85. The van der Waals surface area contributed by atoms with Gasteiger partial charge < -0.3 is 19.3 Å². The molecule has 2 heterocycles. The first-order chi connectivity index (χ1) is 13.0. The average Bonchev–Trinajstić information content (AvgIpc) is 3.35. The van der Waals surface area contributed by atoms with E-state index >= 15 is 0 Å². The molecule has 0 aliphatic carbocycles. The van der Waals surface area contributed by atoms with Crippen molar-refractivity contribution in [2.75, 3.05) is 13.2 Å². The minimum Gasteiger partial charge on any atom is -0.484 e. The van der Waals surface area contributed by atoms with E-state index in [1.165, 1.54) is 36.8 Å². The van der Waals surface area contributed by atoms with Gasteiger partial charge in [-0.15, -0.1) is 0 Å². The molecule has 3 aromatic rings. The van der Waals surface area contributed by atoms with Crippen LogP contribution in [-0.2, 0) is 14.8 Å². The third kappa shape index (κ3) is 4.78. The Hall–Kier alpha value is -3.04. The number of nitrogens with two attached hydrogens (primary N) is 1. The van der Waals surface area contributed by atoms with E-state index in [0.29, 0.717) is 17.3 Å². The van der Waals surface area contributed by atoms with Crippen molar-refractivity contribution in [1.29, 1.82) is 0 Å². The fourth-order valence-corrected chi connectivity index (χ4v) is 3.51. The number of ether oxygens (including phenoxy) is 1. The van der Waals surface area contributed by atoms with Gasteiger partial charge in [0.25, 0.3) is 5.91 Å². The second kappa shape index (κ2) is 8.11. The number of amides is 1. The number of hydrogen-bond donors (Lipinski definition) is 2. The fourth-order valence-electron chi connectivity index (χ4n) is 2.47. The number of furan rings is 2. The highest BCUT2D eigenvalue weighted by Gasteiger charge is 2.23. The van der Waals surface area contributed by atoms with Crippen LogP contribution in [0.25, 0.3) is 0 Å². The minimum absolute atomic E-state index is 0.0588. The van der Waals surface area contributed by atoms with Crippen LogP contribution in [0.15, 0.2) is 74.8 Å². The van der Waals surface area contributed by atoms with Gasteiger partial charge in [-0.05, 0) is 48.5 Å². The van der Waals surface area contributed by atoms with Crippen molar-refractivity contribution in [2.45, 2.75) is 10.8 Å². The zero-order chi connectivity index (χ0) is 19.3. The molecule has 142 valence electrons. The molecule has 8 nitrogen and oxygen atoms in total. The van der Waals surface area contributed by atoms with Gasteiger partial charge in [-0.3, -0.25) is 4.79 Å². The lowest BCUT2D eigenvalue weighted by atomic mass is 10.0. The molecule has 0 saturated carbocycles.